The minimum absolute atomic E-state index is 0. The van der Waals surface area contributed by atoms with Crippen molar-refractivity contribution in [2.45, 2.75) is 159 Å². The third kappa shape index (κ3) is 85.0. The summed E-state index contributed by atoms with van der Waals surface area (Å²) in [5.41, 5.74) is 7.44. The number of imide groups is 1. The first-order valence-corrected chi connectivity index (χ1v) is 45.8. The summed E-state index contributed by atoms with van der Waals surface area (Å²) < 4.78 is 81.2. The Kier molecular flexibility index (Phi) is 170. The van der Waals surface area contributed by atoms with E-state index in [4.69, 9.17) is 142 Å². The number of benzene rings is 4. The van der Waals surface area contributed by atoms with Gasteiger partial charge in [-0.1, -0.05) is 55.3 Å². The van der Waals surface area contributed by atoms with Gasteiger partial charge in [0.2, 0.25) is 17.3 Å². The van der Waals surface area contributed by atoms with Crippen LogP contribution in [0, 0.1) is 13.8 Å². The number of fused-ring (bicyclic) bond motifs is 6. The highest BCUT2D eigenvalue weighted by atomic mass is 32.2. The van der Waals surface area contributed by atoms with E-state index in [1.165, 1.54) is 0 Å². The molecular weight excluding hydrogens is 2260 g/mol. The van der Waals surface area contributed by atoms with Gasteiger partial charge in [-0.15, -0.1) is 13.7 Å². The van der Waals surface area contributed by atoms with Crippen LogP contribution in [-0.2, 0) is 86.6 Å². The van der Waals surface area contributed by atoms with Crippen molar-refractivity contribution in [1.82, 2.24) is 10.4 Å². The van der Waals surface area contributed by atoms with Crippen LogP contribution < -0.4 is 15.6 Å². The SMILES string of the molecule is C.CC1=[N+](CCCS(=O)(=O)[O-])c2ccc3c(SOOO)cc(C)cc3c2C1(C)CCCCCC(=O)ON1C(=O)CCC1=O.CNC(=O)CCCCCC1(C)C(C)=[N+](CCCS(=O)(=O)[O-])c2ccc3c(SOOO)cc(C)cc3c21.N[S-].S.S.S.S.S.S.S.S.S.S.S.S.[NH-]SN.[NH-]S[NH-].[NH-]S[NH-].[NH-]S[NH-].[NH-]S[NH-].[NH-]S[NH-].[NH-]S[NH-].[NH-]S[NH-].[NH-]S[NH-].[NH-]S[NH-].[NH-]S[NH-].[NH-]S[NH-]. The number of hydrogen-bond donors (Lipinski definition) is 5. The molecule has 3 aliphatic heterocycles. The van der Waals surface area contributed by atoms with Crippen molar-refractivity contribution in [1.29, 1.82) is 0 Å². The molecule has 3 amide bonds. The fraction of sp³-hybridized carbons (Fsp3) is 0.519. The predicted molar refractivity (Wildman–Crippen MR) is 628 cm³/mol. The van der Waals surface area contributed by atoms with Crippen molar-refractivity contribution in [2.24, 2.45) is 10.3 Å². The second kappa shape index (κ2) is 120. The lowest BCUT2D eigenvalue weighted by Crippen LogP contribution is -2.32. The Hall–Kier alpha value is 2.85. The number of rotatable bonds is 27. The number of hydroxylamine groups is 2. The standard InChI is InChI=1S/C28H34N2O10S2.C25H34N2O7S2.CH4.H3N2S.11H2N2S.H2NS.12H2S/c1-18-16-21-20(23(17-18)41-40-39-34)9-10-22-27(21)28(3,19(2)29(22)14-7-15-42(35,36)37)13-6-4-5-8-26(33)38-30-24(31)11-12-25(30)32;1-17-15-20-19(22(16-17)35-34-33-29)10-11-21-24(20)25(3,12-7-5-6-9-23(28)26-4)18(2)27(21)13-8-14-36(30,31)32;;12*1-3-2;1-2;;;;;;;;;;;;/h9-10,16-17H,4-8,11-15H2,1-3H3,(H-,34,35,36,37);10-11,15-16H,5-9,12-14H2,1-4H3,(H2-,26,28,29,30,31,32);1H4;1H,2H2;11*1-2H;1H2;12*1H2/q;;;-1;11*-2;-1;;;;;;;;;;;;. The van der Waals surface area contributed by atoms with E-state index in [9.17, 15) is 45.1 Å². The van der Waals surface area contributed by atoms with Crippen LogP contribution in [0.3, 0.4) is 0 Å². The topological polar surface area (TPSA) is 890 Å². The Balaban J connectivity index is -0.0000000639. The molecule has 30 N–H and O–H groups in total. The van der Waals surface area contributed by atoms with E-state index >= 15 is 0 Å². The zero-order chi connectivity index (χ0) is 91.7. The van der Waals surface area contributed by atoms with E-state index in [1.807, 2.05) is 57.2 Å². The lowest BCUT2D eigenvalue weighted by Gasteiger charge is -2.24. The number of aryl methyl sites for hydroxylation is 2. The summed E-state index contributed by atoms with van der Waals surface area (Å²) in [6.45, 7) is 13.1. The van der Waals surface area contributed by atoms with Crippen molar-refractivity contribution in [3.05, 3.63) is 189 Å². The molecule has 0 radical (unpaired) electrons. The Morgan fingerprint density at radius 3 is 0.961 bits per heavy atom. The first-order valence-electron chi connectivity index (χ1n) is 30.9. The Labute approximate surface area is 911 Å². The highest BCUT2D eigenvalue weighted by molar-refractivity contribution is 8.04. The van der Waals surface area contributed by atoms with Crippen LogP contribution in [0.1, 0.15) is 147 Å². The monoisotopic (exact) mass is 2380 g/mol. The van der Waals surface area contributed by atoms with Gasteiger partial charge in [0.1, 0.15) is 13.1 Å². The molecule has 4 aromatic carbocycles. The van der Waals surface area contributed by atoms with Crippen LogP contribution in [-0.4, -0.2) is 117 Å². The second-order valence-corrected chi connectivity index (χ2v) is 28.6. The van der Waals surface area contributed by atoms with Crippen LogP contribution >= 0.6 is 332 Å². The summed E-state index contributed by atoms with van der Waals surface area (Å²) in [5, 5.41) is 174. The predicted octanol–water partition coefficient (Wildman–Crippen LogP) is 29.2. The quantitative estimate of drug-likeness (QED) is 0.00426. The van der Waals surface area contributed by atoms with Gasteiger partial charge in [0.05, 0.1) is 55.2 Å². The summed E-state index contributed by atoms with van der Waals surface area (Å²) >= 11 is 8.64. The molecule has 0 bridgehead atoms. The third-order valence-corrected chi connectivity index (χ3v) is 17.9. The maximum atomic E-state index is 12.2. The molecule has 75 heteroatoms. The molecule has 3 aliphatic rings. The summed E-state index contributed by atoms with van der Waals surface area (Å²) in [4.78, 5) is 53.7. The molecule has 1 saturated heterocycles. The lowest BCUT2D eigenvalue weighted by molar-refractivity contribution is -0.439. The fourth-order valence-electron chi connectivity index (χ4n) is 11.0. The molecule has 1 fully saturated rings. The van der Waals surface area contributed by atoms with Crippen LogP contribution in [0.5, 0.6) is 0 Å². The van der Waals surface area contributed by atoms with Crippen molar-refractivity contribution in [2.75, 3.05) is 31.6 Å². The number of nitrogens with one attached hydrogen (secondary N) is 24. The molecule has 784 valence electrons. The summed E-state index contributed by atoms with van der Waals surface area (Å²) in [7, 11) is -7.00. The van der Waals surface area contributed by atoms with Crippen LogP contribution in [0.2, 0.25) is 0 Å². The number of unbranched alkanes of at least 4 members (excludes halogenated alkanes) is 4. The summed E-state index contributed by atoms with van der Waals surface area (Å²) in [6.07, 6.45) is 7.21. The van der Waals surface area contributed by atoms with Gasteiger partial charge in [0.25, 0.3) is 11.8 Å². The van der Waals surface area contributed by atoms with Crippen LogP contribution in [0.25, 0.3) is 140 Å². The second-order valence-electron chi connectivity index (χ2n) is 21.5. The molecule has 3 heterocycles. The van der Waals surface area contributed by atoms with E-state index in [2.05, 4.69) is 80.5 Å². The van der Waals surface area contributed by atoms with Crippen molar-refractivity contribution >= 4 is 433 Å². The normalized spacial score (nSPS) is 12.8. The molecule has 0 aliphatic carbocycles. The maximum Gasteiger partial charge on any atom is 0.333 e. The van der Waals surface area contributed by atoms with Crippen LogP contribution in [0.4, 0.5) is 11.4 Å². The van der Waals surface area contributed by atoms with Crippen molar-refractivity contribution in [3.8, 4) is 0 Å². The van der Waals surface area contributed by atoms with Gasteiger partial charge < -0.3 is 289 Å². The largest absolute Gasteiger partial charge is 0.748 e. The average molecular weight is 2380 g/mol. The van der Waals surface area contributed by atoms with Gasteiger partial charge in [0, 0.05) is 104 Å². The van der Waals surface area contributed by atoms with E-state index < -0.39 is 54.9 Å². The number of nitrogens with zero attached hydrogens (tertiary/aromatic N) is 3. The van der Waals surface area contributed by atoms with Gasteiger partial charge >= 0.3 is 5.97 Å². The van der Waals surface area contributed by atoms with E-state index in [0.29, 0.717) is 56.0 Å². The molecule has 129 heavy (non-hydrogen) atoms. The molecule has 2 atom stereocenters. The molecule has 7 rings (SSSR count). The number of carbonyl (C=O) groups is 4. The van der Waals surface area contributed by atoms with Gasteiger partial charge in [-0.2, -0.15) is 171 Å². The smallest absolute Gasteiger partial charge is 0.333 e. The number of nitrogens with two attached hydrogens (primary N) is 2. The zero-order valence-corrected chi connectivity index (χ0v) is 94.7. The average Bonchev–Trinajstić information content (AvgIpc) is 1.57. The highest BCUT2D eigenvalue weighted by Crippen LogP contribution is 2.50. The van der Waals surface area contributed by atoms with E-state index in [1.54, 1.807) is 7.05 Å². The summed E-state index contributed by atoms with van der Waals surface area (Å²) in [6, 6.07) is 16.0. The Morgan fingerprint density at radius 1 is 0.465 bits per heavy atom. The van der Waals surface area contributed by atoms with E-state index in [0.717, 1.165) is 133 Å². The molecule has 46 nitrogen and oxygen atoms in total. The van der Waals surface area contributed by atoms with E-state index in [-0.39, 0.29) is 346 Å². The first-order chi connectivity index (χ1) is 54.8. The lowest BCUT2D eigenvalue weighted by atomic mass is 9.74. The first kappa shape index (κ1) is 184. The number of hydrogen-bond acceptors (Lipinski definition) is 34. The number of amides is 3. The highest BCUT2D eigenvalue weighted by Gasteiger charge is 2.49. The van der Waals surface area contributed by atoms with Crippen molar-refractivity contribution in [3.63, 3.8) is 0 Å². The van der Waals surface area contributed by atoms with Gasteiger partial charge in [-0.3, -0.25) is 19.5 Å². The molecule has 2 unspecified atom stereocenters. The molecule has 0 aromatic heterocycles. The summed E-state index contributed by atoms with van der Waals surface area (Å²) in [5.74, 6) is -2.48. The van der Waals surface area contributed by atoms with Crippen LogP contribution in [0.15, 0.2) is 58.3 Å². The fourth-order valence-corrected chi connectivity index (χ4v) is 13.2. The third-order valence-electron chi connectivity index (χ3n) is 15.0. The van der Waals surface area contributed by atoms with Gasteiger partial charge in [-0.05, 0) is 110 Å². The molecular formula is C54H123N29O17S29-24. The number of carbonyl (C=O) groups excluding carboxylic acids is 4. The zero-order valence-electron chi connectivity index (χ0n) is 68.8. The molecule has 4 aromatic rings. The van der Waals surface area contributed by atoms with Gasteiger partial charge in [-0.25, -0.2) is 44.3 Å². The molecule has 0 spiro atoms. The maximum absolute atomic E-state index is 12.2. The van der Waals surface area contributed by atoms with Gasteiger partial charge in [0.15, 0.2) is 11.4 Å². The minimum atomic E-state index is -4.35. The van der Waals surface area contributed by atoms with Crippen molar-refractivity contribution < 1.29 is 88.4 Å². The Morgan fingerprint density at radius 2 is 0.721 bits per heavy atom. The molecule has 0 saturated carbocycles. The Bertz CT molecular complexity index is 3530. The minimum Gasteiger partial charge on any atom is -0.748 e.